The average molecular weight is 677 g/mol. The van der Waals surface area contributed by atoms with Crippen LogP contribution < -0.4 is 0 Å². The van der Waals surface area contributed by atoms with Crippen molar-refractivity contribution >= 4 is 21.5 Å². The van der Waals surface area contributed by atoms with Crippen LogP contribution in [-0.4, -0.2) is 9.97 Å². The second kappa shape index (κ2) is 12.3. The Balaban J connectivity index is 1.13. The summed E-state index contributed by atoms with van der Waals surface area (Å²) >= 11 is 0. The lowest BCUT2D eigenvalue weighted by Gasteiger charge is -2.21. The van der Waals surface area contributed by atoms with E-state index in [1.807, 2.05) is 12.1 Å². The molecule has 8 aromatic carbocycles. The molecular weight excluding hydrogens is 641 g/mol. The van der Waals surface area contributed by atoms with Gasteiger partial charge in [-0.15, -0.1) is 0 Å². The second-order valence-corrected chi connectivity index (χ2v) is 14.5. The third kappa shape index (κ3) is 5.10. The molecule has 1 aliphatic carbocycles. The molecule has 1 aliphatic rings. The maximum absolute atomic E-state index is 5.18. The Morgan fingerprint density at radius 1 is 0.358 bits per heavy atom. The molecule has 9 aromatic rings. The van der Waals surface area contributed by atoms with Gasteiger partial charge in [-0.25, -0.2) is 9.97 Å². The van der Waals surface area contributed by atoms with E-state index in [9.17, 15) is 0 Å². The Morgan fingerprint density at radius 3 is 1.58 bits per heavy atom. The van der Waals surface area contributed by atoms with Gasteiger partial charge in [0, 0.05) is 22.1 Å². The van der Waals surface area contributed by atoms with Gasteiger partial charge in [-0.3, -0.25) is 0 Å². The van der Waals surface area contributed by atoms with Gasteiger partial charge in [0.05, 0.1) is 11.4 Å². The summed E-state index contributed by atoms with van der Waals surface area (Å²) in [5.74, 6) is 0.718. The Hall–Kier alpha value is -6.64. The van der Waals surface area contributed by atoms with Crippen molar-refractivity contribution in [3.05, 3.63) is 193 Å². The summed E-state index contributed by atoms with van der Waals surface area (Å²) in [4.78, 5) is 10.4. The van der Waals surface area contributed by atoms with Crippen molar-refractivity contribution in [3.8, 4) is 67.3 Å². The van der Waals surface area contributed by atoms with E-state index in [1.165, 1.54) is 60.7 Å². The van der Waals surface area contributed by atoms with Crippen molar-refractivity contribution in [2.24, 2.45) is 0 Å². The SMILES string of the molecule is CC1(C)c2cccc(-c3cccc(-c4ccc(-c5nc(-c6ccccc6)cc(-c6ccccc6)n5)c5ccccc45)c3)c2-c2c1ccc1ccccc21. The summed E-state index contributed by atoms with van der Waals surface area (Å²) in [7, 11) is 0. The first kappa shape index (κ1) is 31.1. The lowest BCUT2D eigenvalue weighted by atomic mass is 9.81. The molecule has 0 fully saturated rings. The van der Waals surface area contributed by atoms with Crippen molar-refractivity contribution in [1.82, 2.24) is 9.97 Å². The summed E-state index contributed by atoms with van der Waals surface area (Å²) in [5, 5.41) is 4.89. The molecule has 2 nitrogen and oxygen atoms in total. The third-order valence-corrected chi connectivity index (χ3v) is 11.1. The molecule has 1 heterocycles. The maximum atomic E-state index is 5.18. The van der Waals surface area contributed by atoms with E-state index >= 15 is 0 Å². The smallest absolute Gasteiger partial charge is 0.161 e. The highest BCUT2D eigenvalue weighted by Gasteiger charge is 2.37. The molecular formula is C51H36N2. The molecule has 0 saturated carbocycles. The normalized spacial score (nSPS) is 12.9. The van der Waals surface area contributed by atoms with Crippen LogP contribution in [0.5, 0.6) is 0 Å². The van der Waals surface area contributed by atoms with Crippen molar-refractivity contribution in [2.75, 3.05) is 0 Å². The molecule has 2 heteroatoms. The van der Waals surface area contributed by atoms with Crippen LogP contribution in [0.4, 0.5) is 0 Å². The van der Waals surface area contributed by atoms with Crippen LogP contribution in [0.25, 0.3) is 88.8 Å². The first-order valence-corrected chi connectivity index (χ1v) is 18.3. The van der Waals surface area contributed by atoms with E-state index < -0.39 is 0 Å². The highest BCUT2D eigenvalue weighted by atomic mass is 14.9. The molecule has 0 spiro atoms. The molecule has 0 N–H and O–H groups in total. The third-order valence-electron chi connectivity index (χ3n) is 11.1. The fraction of sp³-hybridized carbons (Fsp3) is 0.0588. The maximum Gasteiger partial charge on any atom is 0.161 e. The van der Waals surface area contributed by atoms with Crippen LogP contribution in [0.2, 0.25) is 0 Å². The molecule has 53 heavy (non-hydrogen) atoms. The molecule has 0 radical (unpaired) electrons. The van der Waals surface area contributed by atoms with Crippen LogP contribution in [0, 0.1) is 0 Å². The number of aromatic nitrogens is 2. The first-order valence-electron chi connectivity index (χ1n) is 18.3. The van der Waals surface area contributed by atoms with Gasteiger partial charge in [0.15, 0.2) is 5.82 Å². The monoisotopic (exact) mass is 676 g/mol. The van der Waals surface area contributed by atoms with Gasteiger partial charge in [-0.1, -0.05) is 178 Å². The average Bonchev–Trinajstić information content (AvgIpc) is 3.47. The van der Waals surface area contributed by atoms with Gasteiger partial charge in [-0.2, -0.15) is 0 Å². The van der Waals surface area contributed by atoms with E-state index in [1.54, 1.807) is 0 Å². The molecule has 0 atom stereocenters. The predicted octanol–water partition coefficient (Wildman–Crippen LogP) is 13.4. The van der Waals surface area contributed by atoms with Gasteiger partial charge in [0.2, 0.25) is 0 Å². The number of rotatable bonds is 5. The van der Waals surface area contributed by atoms with Gasteiger partial charge >= 0.3 is 0 Å². The van der Waals surface area contributed by atoms with Gasteiger partial charge < -0.3 is 0 Å². The van der Waals surface area contributed by atoms with Gasteiger partial charge in [-0.05, 0) is 84.3 Å². The van der Waals surface area contributed by atoms with Crippen LogP contribution >= 0.6 is 0 Å². The van der Waals surface area contributed by atoms with E-state index in [-0.39, 0.29) is 5.41 Å². The minimum Gasteiger partial charge on any atom is -0.228 e. The molecule has 0 amide bonds. The number of benzene rings is 8. The van der Waals surface area contributed by atoms with Gasteiger partial charge in [0.1, 0.15) is 0 Å². The number of nitrogens with zero attached hydrogens (tertiary/aromatic N) is 2. The van der Waals surface area contributed by atoms with Crippen LogP contribution in [0.1, 0.15) is 25.0 Å². The predicted molar refractivity (Wildman–Crippen MR) is 222 cm³/mol. The molecule has 0 aliphatic heterocycles. The fourth-order valence-corrected chi connectivity index (χ4v) is 8.47. The van der Waals surface area contributed by atoms with Crippen molar-refractivity contribution in [1.29, 1.82) is 0 Å². The van der Waals surface area contributed by atoms with Crippen molar-refractivity contribution in [2.45, 2.75) is 19.3 Å². The van der Waals surface area contributed by atoms with Crippen molar-refractivity contribution < 1.29 is 0 Å². The minimum absolute atomic E-state index is 0.0887. The number of fused-ring (bicyclic) bond motifs is 6. The Kier molecular flexibility index (Phi) is 7.19. The molecule has 0 saturated heterocycles. The topological polar surface area (TPSA) is 25.8 Å². The zero-order valence-corrected chi connectivity index (χ0v) is 29.7. The lowest BCUT2D eigenvalue weighted by molar-refractivity contribution is 0.661. The summed E-state index contributed by atoms with van der Waals surface area (Å²) < 4.78 is 0. The quantitative estimate of drug-likeness (QED) is 0.181. The fourth-order valence-electron chi connectivity index (χ4n) is 8.47. The summed E-state index contributed by atoms with van der Waals surface area (Å²) in [6.07, 6.45) is 0. The zero-order valence-electron chi connectivity index (χ0n) is 29.7. The molecule has 1 aromatic heterocycles. The summed E-state index contributed by atoms with van der Waals surface area (Å²) in [6.45, 7) is 4.73. The van der Waals surface area contributed by atoms with E-state index in [2.05, 4.69) is 184 Å². The highest BCUT2D eigenvalue weighted by Crippen LogP contribution is 2.54. The zero-order chi connectivity index (χ0) is 35.5. The van der Waals surface area contributed by atoms with Crippen molar-refractivity contribution in [3.63, 3.8) is 0 Å². The molecule has 0 bridgehead atoms. The highest BCUT2D eigenvalue weighted by molar-refractivity contribution is 6.08. The summed E-state index contributed by atoms with van der Waals surface area (Å²) in [5.41, 5.74) is 15.2. The van der Waals surface area contributed by atoms with Gasteiger partial charge in [0.25, 0.3) is 0 Å². The second-order valence-electron chi connectivity index (χ2n) is 14.5. The summed E-state index contributed by atoms with van der Waals surface area (Å²) in [6, 6.07) is 65.3. The number of hydrogen-bond acceptors (Lipinski definition) is 2. The van der Waals surface area contributed by atoms with E-state index in [0.717, 1.165) is 39.3 Å². The van der Waals surface area contributed by atoms with E-state index in [4.69, 9.17) is 9.97 Å². The Morgan fingerprint density at radius 2 is 0.887 bits per heavy atom. The molecule has 10 rings (SSSR count). The van der Waals surface area contributed by atoms with Crippen LogP contribution in [0.3, 0.4) is 0 Å². The Labute approximate surface area is 310 Å². The standard InChI is InChI=1S/C51H36N2/c1-51(2)44-26-14-25-40(49(44)48-39-22-10-9-15-33(39)27-30-45(48)51)37-21-13-20-36(31-37)38-28-29-43(42-24-12-11-23-41(38)42)50-52-46(34-16-5-3-6-17-34)32-47(53-50)35-18-7-4-8-19-35/h3-32H,1-2H3. The Bertz CT molecular complexity index is 2790. The number of hydrogen-bond donors (Lipinski definition) is 0. The van der Waals surface area contributed by atoms with Crippen LogP contribution in [0.15, 0.2) is 182 Å². The largest absolute Gasteiger partial charge is 0.228 e. The lowest BCUT2D eigenvalue weighted by Crippen LogP contribution is -2.14. The van der Waals surface area contributed by atoms with E-state index in [0.29, 0.717) is 0 Å². The first-order chi connectivity index (χ1) is 26.0. The minimum atomic E-state index is -0.0887. The van der Waals surface area contributed by atoms with Crippen LogP contribution in [-0.2, 0) is 5.41 Å². The molecule has 250 valence electrons. The molecule has 0 unspecified atom stereocenters.